The molecule has 0 fully saturated rings. The molecule has 3 aromatic rings. The first kappa shape index (κ1) is 26.6. The SMILES string of the molecule is CC(N=CC(=CN)c1cnn2c(-c3cccc(CC(=O)CCC(F)(F)F)c3)cnc2c1)C(=O)N(C)C. The number of hydrogen-bond acceptors (Lipinski definition) is 6. The Morgan fingerprint density at radius 1 is 1.22 bits per heavy atom. The molecule has 1 unspecified atom stereocenters. The first-order valence-electron chi connectivity index (χ1n) is 11.2. The van der Waals surface area contributed by atoms with Gasteiger partial charge in [0.25, 0.3) is 0 Å². The van der Waals surface area contributed by atoms with E-state index in [1.165, 1.54) is 17.3 Å². The van der Waals surface area contributed by atoms with E-state index in [1.807, 2.05) is 6.07 Å². The Balaban J connectivity index is 1.80. The number of aliphatic imine (C=N–C) groups is 1. The maximum Gasteiger partial charge on any atom is 0.389 e. The topological polar surface area (TPSA) is 106 Å². The first-order chi connectivity index (χ1) is 17.0. The minimum absolute atomic E-state index is 0.0863. The van der Waals surface area contributed by atoms with Crippen LogP contribution >= 0.6 is 0 Å². The van der Waals surface area contributed by atoms with E-state index in [0.717, 1.165) is 5.56 Å². The fraction of sp³-hybridized carbons (Fsp3) is 0.320. The molecule has 0 spiro atoms. The van der Waals surface area contributed by atoms with Crippen molar-refractivity contribution in [3.63, 3.8) is 0 Å². The van der Waals surface area contributed by atoms with Gasteiger partial charge in [-0.05, 0) is 24.6 Å². The van der Waals surface area contributed by atoms with Crippen molar-refractivity contribution in [3.8, 4) is 11.3 Å². The maximum atomic E-state index is 12.4. The van der Waals surface area contributed by atoms with Gasteiger partial charge in [-0.2, -0.15) is 18.3 Å². The van der Waals surface area contributed by atoms with E-state index in [0.29, 0.717) is 28.0 Å². The molecule has 0 aliphatic rings. The third kappa shape index (κ3) is 6.77. The number of imidazole rings is 1. The zero-order valence-corrected chi connectivity index (χ0v) is 20.2. The molecular formula is C25H27F3N6O2. The van der Waals surface area contributed by atoms with Crippen molar-refractivity contribution < 1.29 is 22.8 Å². The number of likely N-dealkylation sites (N-methyl/N-ethyl adjacent to an activating group) is 1. The number of benzene rings is 1. The van der Waals surface area contributed by atoms with Crippen LogP contribution in [-0.2, 0) is 16.0 Å². The van der Waals surface area contributed by atoms with E-state index in [-0.39, 0.29) is 12.3 Å². The van der Waals surface area contributed by atoms with Crippen LogP contribution in [0, 0.1) is 0 Å². The molecule has 1 aromatic carbocycles. The second-order valence-corrected chi connectivity index (χ2v) is 8.50. The predicted octanol–water partition coefficient (Wildman–Crippen LogP) is 3.70. The van der Waals surface area contributed by atoms with Gasteiger partial charge >= 0.3 is 6.18 Å². The van der Waals surface area contributed by atoms with Gasteiger partial charge in [0.15, 0.2) is 5.65 Å². The Bertz CT molecular complexity index is 1310. The molecular weight excluding hydrogens is 473 g/mol. The molecule has 0 saturated carbocycles. The summed E-state index contributed by atoms with van der Waals surface area (Å²) in [6.45, 7) is 1.69. The lowest BCUT2D eigenvalue weighted by Crippen LogP contribution is -2.30. The molecule has 0 bridgehead atoms. The molecule has 0 radical (unpaired) electrons. The molecule has 1 atom stereocenters. The molecule has 1 amide bonds. The van der Waals surface area contributed by atoms with Crippen LogP contribution in [0.15, 0.2) is 53.9 Å². The van der Waals surface area contributed by atoms with Gasteiger partial charge in [-0.15, -0.1) is 0 Å². The van der Waals surface area contributed by atoms with Crippen molar-refractivity contribution in [2.45, 2.75) is 38.4 Å². The van der Waals surface area contributed by atoms with Crippen LogP contribution in [-0.4, -0.2) is 63.7 Å². The number of carbonyl (C=O) groups is 2. The average Bonchev–Trinajstić information content (AvgIpc) is 3.25. The van der Waals surface area contributed by atoms with E-state index in [1.54, 1.807) is 62.2 Å². The molecule has 190 valence electrons. The number of allylic oxidation sites excluding steroid dienone is 1. The lowest BCUT2D eigenvalue weighted by molar-refractivity contribution is -0.143. The second kappa shape index (κ2) is 11.1. The molecule has 8 nitrogen and oxygen atoms in total. The first-order valence-corrected chi connectivity index (χ1v) is 11.2. The minimum atomic E-state index is -4.36. The standard InChI is InChI=1S/C25H27F3N6O2/c1-16(24(36)33(2)3)30-13-20(12-29)19-11-23-31-15-22(34(23)32-14-19)18-6-4-5-17(9-18)10-21(35)7-8-25(26,27)28/h4-6,9,11-16H,7-8,10,29H2,1-3H3. The van der Waals surface area contributed by atoms with Crippen LogP contribution in [0.1, 0.15) is 30.9 Å². The molecule has 2 heterocycles. The van der Waals surface area contributed by atoms with E-state index in [2.05, 4.69) is 15.1 Å². The highest BCUT2D eigenvalue weighted by atomic mass is 19.4. The monoisotopic (exact) mass is 500 g/mol. The van der Waals surface area contributed by atoms with Crippen molar-refractivity contribution in [2.75, 3.05) is 14.1 Å². The van der Waals surface area contributed by atoms with Gasteiger partial charge in [-0.25, -0.2) is 9.50 Å². The Morgan fingerprint density at radius 2 is 1.97 bits per heavy atom. The van der Waals surface area contributed by atoms with Gasteiger partial charge in [-0.1, -0.05) is 18.2 Å². The van der Waals surface area contributed by atoms with Crippen LogP contribution in [0.4, 0.5) is 13.2 Å². The lowest BCUT2D eigenvalue weighted by Gasteiger charge is -2.13. The summed E-state index contributed by atoms with van der Waals surface area (Å²) >= 11 is 0. The molecule has 0 aliphatic carbocycles. The number of nitrogens with zero attached hydrogens (tertiary/aromatic N) is 5. The van der Waals surface area contributed by atoms with Gasteiger partial charge in [-0.3, -0.25) is 14.6 Å². The van der Waals surface area contributed by atoms with Crippen LogP contribution in [0.3, 0.4) is 0 Å². The Kier molecular flexibility index (Phi) is 8.23. The Hall–Kier alpha value is -4.02. The molecule has 36 heavy (non-hydrogen) atoms. The summed E-state index contributed by atoms with van der Waals surface area (Å²) in [5, 5.41) is 4.45. The minimum Gasteiger partial charge on any atom is -0.404 e. The molecule has 0 aliphatic heterocycles. The van der Waals surface area contributed by atoms with Gasteiger partial charge < -0.3 is 10.6 Å². The van der Waals surface area contributed by atoms with Crippen LogP contribution in [0.25, 0.3) is 22.5 Å². The number of nitrogens with two attached hydrogens (primary N) is 1. The third-order valence-corrected chi connectivity index (χ3v) is 5.42. The van der Waals surface area contributed by atoms with Crippen LogP contribution in [0.5, 0.6) is 0 Å². The molecule has 0 saturated heterocycles. The number of halogens is 3. The average molecular weight is 501 g/mol. The predicted molar refractivity (Wildman–Crippen MR) is 131 cm³/mol. The zero-order chi connectivity index (χ0) is 26.5. The van der Waals surface area contributed by atoms with Gasteiger partial charge in [0.1, 0.15) is 11.8 Å². The number of aromatic nitrogens is 3. The van der Waals surface area contributed by atoms with Gasteiger partial charge in [0, 0.05) is 56.1 Å². The molecule has 11 heteroatoms. The van der Waals surface area contributed by atoms with Crippen molar-refractivity contribution in [1.29, 1.82) is 0 Å². The Labute approximate surface area is 206 Å². The summed E-state index contributed by atoms with van der Waals surface area (Å²) in [7, 11) is 3.31. The normalized spacial score (nSPS) is 13.3. The fourth-order valence-electron chi connectivity index (χ4n) is 3.51. The quantitative estimate of drug-likeness (QED) is 0.451. The highest BCUT2D eigenvalue weighted by Crippen LogP contribution is 2.25. The number of Topliss-reactive ketones (excluding diaryl/α,β-unsaturated/α-hetero) is 1. The molecule has 2 N–H and O–H groups in total. The summed E-state index contributed by atoms with van der Waals surface area (Å²) < 4.78 is 38.8. The maximum absolute atomic E-state index is 12.4. The fourth-order valence-corrected chi connectivity index (χ4v) is 3.51. The highest BCUT2D eigenvalue weighted by molar-refractivity contribution is 6.10. The number of hydrogen-bond donors (Lipinski definition) is 1. The lowest BCUT2D eigenvalue weighted by atomic mass is 10.0. The van der Waals surface area contributed by atoms with Gasteiger partial charge in [0.05, 0.1) is 24.5 Å². The molecule has 3 rings (SSSR count). The number of rotatable bonds is 9. The zero-order valence-electron chi connectivity index (χ0n) is 20.2. The van der Waals surface area contributed by atoms with Crippen LogP contribution < -0.4 is 5.73 Å². The number of alkyl halides is 3. The number of fused-ring (bicyclic) bond motifs is 1. The summed E-state index contributed by atoms with van der Waals surface area (Å²) in [4.78, 5) is 34.1. The van der Waals surface area contributed by atoms with Crippen molar-refractivity contribution in [3.05, 3.63) is 60.1 Å². The summed E-state index contributed by atoms with van der Waals surface area (Å²) in [6.07, 6.45) is -0.0197. The van der Waals surface area contributed by atoms with E-state index in [4.69, 9.17) is 5.73 Å². The van der Waals surface area contributed by atoms with E-state index >= 15 is 0 Å². The number of ketones is 1. The number of amides is 1. The van der Waals surface area contributed by atoms with E-state index in [9.17, 15) is 22.8 Å². The largest absolute Gasteiger partial charge is 0.404 e. The third-order valence-electron chi connectivity index (χ3n) is 5.42. The summed E-state index contributed by atoms with van der Waals surface area (Å²) in [6, 6.07) is 8.18. The van der Waals surface area contributed by atoms with Crippen molar-refractivity contribution in [2.24, 2.45) is 10.7 Å². The number of carbonyl (C=O) groups excluding carboxylic acids is 2. The summed E-state index contributed by atoms with van der Waals surface area (Å²) in [5.74, 6) is -0.617. The van der Waals surface area contributed by atoms with Crippen molar-refractivity contribution >= 4 is 29.1 Å². The smallest absolute Gasteiger partial charge is 0.389 e. The van der Waals surface area contributed by atoms with Gasteiger partial charge in [0.2, 0.25) is 5.91 Å². The molecule has 2 aromatic heterocycles. The second-order valence-electron chi connectivity index (χ2n) is 8.50. The summed E-state index contributed by atoms with van der Waals surface area (Å²) in [5.41, 5.74) is 9.50. The highest BCUT2D eigenvalue weighted by Gasteiger charge is 2.27. The van der Waals surface area contributed by atoms with Crippen LogP contribution in [0.2, 0.25) is 0 Å². The van der Waals surface area contributed by atoms with E-state index < -0.39 is 30.8 Å². The Morgan fingerprint density at radius 3 is 2.64 bits per heavy atom. The van der Waals surface area contributed by atoms with Crippen molar-refractivity contribution in [1.82, 2.24) is 19.5 Å².